The fraction of sp³-hybridized carbons (Fsp3) is 0.421. The molecule has 0 N–H and O–H groups in total. The number of anilines is 1. The highest BCUT2D eigenvalue weighted by Gasteiger charge is 2.35. The Morgan fingerprint density at radius 3 is 2.26 bits per heavy atom. The number of aromatic nitrogens is 2. The zero-order chi connectivity index (χ0) is 25.3. The van der Waals surface area contributed by atoms with E-state index in [1.807, 2.05) is 0 Å². The number of hydrogen-bond acceptors (Lipinski definition) is 7. The molecule has 0 saturated carbocycles. The number of ether oxygens (including phenoxy) is 1. The Morgan fingerprint density at radius 1 is 1.06 bits per heavy atom. The molecule has 0 aliphatic carbocycles. The molecule has 0 bridgehead atoms. The summed E-state index contributed by atoms with van der Waals surface area (Å²) in [5.41, 5.74) is -0.373. The molecule has 15 heteroatoms. The highest BCUT2D eigenvalue weighted by Crippen LogP contribution is 2.29. The molecular formula is C19H18F6N4O4S. The lowest BCUT2D eigenvalue weighted by molar-refractivity contribution is -0.153. The summed E-state index contributed by atoms with van der Waals surface area (Å²) in [7, 11) is -3.77. The minimum atomic E-state index is -4.73. The van der Waals surface area contributed by atoms with E-state index in [2.05, 4.69) is 9.97 Å². The Kier molecular flexibility index (Phi) is 6.96. The highest BCUT2D eigenvalue weighted by atomic mass is 32.2. The van der Waals surface area contributed by atoms with Crippen LogP contribution >= 0.6 is 0 Å². The zero-order valence-electron chi connectivity index (χ0n) is 17.5. The third kappa shape index (κ3) is 6.27. The first-order valence-corrected chi connectivity index (χ1v) is 11.5. The quantitative estimate of drug-likeness (QED) is 0.569. The van der Waals surface area contributed by atoms with Crippen LogP contribution in [-0.2, 0) is 16.0 Å². The molecule has 1 fully saturated rings. The van der Waals surface area contributed by atoms with E-state index in [0.717, 1.165) is 30.7 Å². The molecule has 186 valence electrons. The molecule has 1 aromatic heterocycles. The molecule has 3 rings (SSSR count). The van der Waals surface area contributed by atoms with Gasteiger partial charge >= 0.3 is 12.4 Å². The van der Waals surface area contributed by atoms with E-state index in [9.17, 15) is 39.6 Å². The van der Waals surface area contributed by atoms with Crippen LogP contribution in [0.1, 0.15) is 16.2 Å². The predicted octanol–water partition coefficient (Wildman–Crippen LogP) is 2.80. The van der Waals surface area contributed by atoms with E-state index in [0.29, 0.717) is 0 Å². The van der Waals surface area contributed by atoms with Crippen LogP contribution in [-0.4, -0.2) is 74.4 Å². The number of hydrogen-bond donors (Lipinski definition) is 0. The summed E-state index contributed by atoms with van der Waals surface area (Å²) in [5, 5.41) is 0. The van der Waals surface area contributed by atoms with E-state index in [1.54, 1.807) is 0 Å². The smallest absolute Gasteiger partial charge is 0.451 e. The second kappa shape index (κ2) is 9.27. The van der Waals surface area contributed by atoms with Gasteiger partial charge in [0.25, 0.3) is 5.91 Å². The van der Waals surface area contributed by atoms with E-state index in [1.165, 1.54) is 15.9 Å². The zero-order valence-corrected chi connectivity index (χ0v) is 18.3. The second-order valence-electron chi connectivity index (χ2n) is 7.35. The lowest BCUT2D eigenvalue weighted by Crippen LogP contribution is -2.49. The molecule has 8 nitrogen and oxygen atoms in total. The van der Waals surface area contributed by atoms with Crippen molar-refractivity contribution in [2.75, 3.05) is 43.9 Å². The van der Waals surface area contributed by atoms with Crippen LogP contribution in [0.4, 0.5) is 32.2 Å². The Labute approximate surface area is 190 Å². The summed E-state index contributed by atoms with van der Waals surface area (Å²) in [4.78, 5) is 22.2. The molecule has 2 aromatic rings. The van der Waals surface area contributed by atoms with Crippen molar-refractivity contribution in [3.63, 3.8) is 0 Å². The molecule has 0 atom stereocenters. The first-order chi connectivity index (χ1) is 15.6. The highest BCUT2D eigenvalue weighted by molar-refractivity contribution is 7.90. The van der Waals surface area contributed by atoms with Gasteiger partial charge in [-0.2, -0.15) is 26.3 Å². The second-order valence-corrected chi connectivity index (χ2v) is 9.37. The van der Waals surface area contributed by atoms with Gasteiger partial charge in [-0.3, -0.25) is 4.79 Å². The van der Waals surface area contributed by atoms with Gasteiger partial charge in [-0.05, 0) is 24.3 Å². The third-order valence-corrected chi connectivity index (χ3v) is 5.90. The van der Waals surface area contributed by atoms with Gasteiger partial charge in [0.05, 0.1) is 10.5 Å². The summed E-state index contributed by atoms with van der Waals surface area (Å²) in [6.45, 7) is -1.55. The number of amides is 1. The molecule has 1 amide bonds. The van der Waals surface area contributed by atoms with Crippen LogP contribution in [0.15, 0.2) is 35.4 Å². The summed E-state index contributed by atoms with van der Waals surface area (Å²) in [6, 6.07) is 4.23. The van der Waals surface area contributed by atoms with Gasteiger partial charge in [0, 0.05) is 38.6 Å². The number of carbonyl (C=O) groups excluding carboxylic acids is 1. The maximum absolute atomic E-state index is 13.0. The van der Waals surface area contributed by atoms with Crippen LogP contribution in [0.3, 0.4) is 0 Å². The van der Waals surface area contributed by atoms with Crippen molar-refractivity contribution in [3.8, 4) is 5.75 Å². The maximum atomic E-state index is 13.0. The summed E-state index contributed by atoms with van der Waals surface area (Å²) in [6.07, 6.45) is -7.58. The van der Waals surface area contributed by atoms with Gasteiger partial charge < -0.3 is 14.5 Å². The van der Waals surface area contributed by atoms with Crippen LogP contribution in [0.2, 0.25) is 0 Å². The van der Waals surface area contributed by atoms with Gasteiger partial charge in [0.1, 0.15) is 11.6 Å². The van der Waals surface area contributed by atoms with Crippen molar-refractivity contribution in [2.45, 2.75) is 17.2 Å². The van der Waals surface area contributed by atoms with E-state index in [4.69, 9.17) is 4.74 Å². The summed E-state index contributed by atoms with van der Waals surface area (Å²) >= 11 is 0. The molecule has 34 heavy (non-hydrogen) atoms. The number of benzene rings is 1. The van der Waals surface area contributed by atoms with Crippen LogP contribution in [0, 0.1) is 0 Å². The molecule has 1 aliphatic rings. The first-order valence-electron chi connectivity index (χ1n) is 9.63. The Hall–Kier alpha value is -3.10. The maximum Gasteiger partial charge on any atom is 0.451 e. The minimum Gasteiger partial charge on any atom is -0.483 e. The number of alkyl halides is 6. The van der Waals surface area contributed by atoms with Crippen molar-refractivity contribution < 1.29 is 44.3 Å². The first kappa shape index (κ1) is 25.5. The Balaban J connectivity index is 1.80. The van der Waals surface area contributed by atoms with Gasteiger partial charge in [0.15, 0.2) is 16.4 Å². The molecule has 2 heterocycles. The van der Waals surface area contributed by atoms with Crippen molar-refractivity contribution in [2.24, 2.45) is 0 Å². The molecule has 0 spiro atoms. The number of halogens is 6. The third-order valence-electron chi connectivity index (χ3n) is 4.79. The average molecular weight is 512 g/mol. The molecule has 0 unspecified atom stereocenters. The molecule has 1 aromatic carbocycles. The van der Waals surface area contributed by atoms with Crippen molar-refractivity contribution in [1.82, 2.24) is 14.9 Å². The van der Waals surface area contributed by atoms with Gasteiger partial charge in [0.2, 0.25) is 5.82 Å². The molecule has 1 aliphatic heterocycles. The summed E-state index contributed by atoms with van der Waals surface area (Å²) in [5.74, 6) is -2.53. The van der Waals surface area contributed by atoms with Gasteiger partial charge in [-0.15, -0.1) is 0 Å². The number of rotatable bonds is 5. The minimum absolute atomic E-state index is 0.00250. The normalized spacial score (nSPS) is 15.4. The Bertz CT molecular complexity index is 1160. The summed E-state index contributed by atoms with van der Waals surface area (Å²) < 4.78 is 105. The predicted molar refractivity (Wildman–Crippen MR) is 106 cm³/mol. The van der Waals surface area contributed by atoms with Crippen molar-refractivity contribution in [3.05, 3.63) is 41.9 Å². The largest absolute Gasteiger partial charge is 0.483 e. The van der Waals surface area contributed by atoms with Crippen LogP contribution in [0.5, 0.6) is 5.75 Å². The lowest BCUT2D eigenvalue weighted by Gasteiger charge is -2.35. The lowest BCUT2D eigenvalue weighted by atomic mass is 10.1. The van der Waals surface area contributed by atoms with E-state index >= 15 is 0 Å². The number of sulfone groups is 1. The van der Waals surface area contributed by atoms with Crippen LogP contribution in [0.25, 0.3) is 0 Å². The van der Waals surface area contributed by atoms with Gasteiger partial charge in [-0.25, -0.2) is 18.4 Å². The molecule has 0 radical (unpaired) electrons. The number of carbonyl (C=O) groups is 1. The van der Waals surface area contributed by atoms with Crippen molar-refractivity contribution in [1.29, 1.82) is 0 Å². The van der Waals surface area contributed by atoms with E-state index < -0.39 is 46.3 Å². The monoisotopic (exact) mass is 512 g/mol. The fourth-order valence-electron chi connectivity index (χ4n) is 3.16. The van der Waals surface area contributed by atoms with Crippen molar-refractivity contribution >= 4 is 21.6 Å². The average Bonchev–Trinajstić information content (AvgIpc) is 2.75. The molecular weight excluding hydrogens is 494 g/mol. The van der Waals surface area contributed by atoms with Gasteiger partial charge in [-0.1, -0.05) is 0 Å². The Morgan fingerprint density at radius 2 is 1.71 bits per heavy atom. The standard InChI is InChI=1S/C19H18F6N4O4S/c1-34(31,32)12-2-3-14(33-11-18(20,21)22)13(10-12)16(30)29-8-6-28(7-9-29)15-4-5-26-17(27-15)19(23,24)25/h2-5,10H,6-9,11H2,1H3. The topological polar surface area (TPSA) is 92.7 Å². The number of piperazine rings is 1. The molecule has 1 saturated heterocycles. The van der Waals surface area contributed by atoms with Crippen LogP contribution < -0.4 is 9.64 Å². The SMILES string of the molecule is CS(=O)(=O)c1ccc(OCC(F)(F)F)c(C(=O)N2CCN(c3ccnc(C(F)(F)F)n3)CC2)c1. The van der Waals surface area contributed by atoms with E-state index in [-0.39, 0.29) is 42.5 Å². The number of nitrogens with zero attached hydrogens (tertiary/aromatic N) is 4. The fourth-order valence-corrected chi connectivity index (χ4v) is 3.81.